The standard InChI is InChI=1S/C15H20N2OS/c1-3-9-16-10-14-13(4-2)17-15(19-14)11-5-7-12(18)8-6-11/h5-8,16,18H,3-4,9-10H2,1-2H3. The molecule has 19 heavy (non-hydrogen) atoms. The van der Waals surface area contributed by atoms with Crippen LogP contribution in [0.3, 0.4) is 0 Å². The fourth-order valence-electron chi connectivity index (χ4n) is 1.90. The molecule has 0 unspecified atom stereocenters. The highest BCUT2D eigenvalue weighted by molar-refractivity contribution is 7.15. The van der Waals surface area contributed by atoms with Gasteiger partial charge in [-0.1, -0.05) is 13.8 Å². The van der Waals surface area contributed by atoms with Crippen molar-refractivity contribution in [3.05, 3.63) is 34.8 Å². The molecule has 0 bridgehead atoms. The van der Waals surface area contributed by atoms with Gasteiger partial charge in [0.25, 0.3) is 0 Å². The summed E-state index contributed by atoms with van der Waals surface area (Å²) >= 11 is 1.74. The van der Waals surface area contributed by atoms with Gasteiger partial charge >= 0.3 is 0 Å². The molecule has 102 valence electrons. The van der Waals surface area contributed by atoms with Crippen molar-refractivity contribution in [1.82, 2.24) is 10.3 Å². The van der Waals surface area contributed by atoms with Crippen LogP contribution in [-0.2, 0) is 13.0 Å². The summed E-state index contributed by atoms with van der Waals surface area (Å²) in [6.07, 6.45) is 2.10. The number of nitrogens with one attached hydrogen (secondary N) is 1. The Morgan fingerprint density at radius 1 is 1.21 bits per heavy atom. The van der Waals surface area contributed by atoms with Crippen molar-refractivity contribution in [3.63, 3.8) is 0 Å². The minimum Gasteiger partial charge on any atom is -0.508 e. The van der Waals surface area contributed by atoms with Gasteiger partial charge in [0.2, 0.25) is 0 Å². The fraction of sp³-hybridized carbons (Fsp3) is 0.400. The molecule has 0 fully saturated rings. The zero-order valence-corrected chi connectivity index (χ0v) is 12.3. The minimum atomic E-state index is 0.292. The second-order valence-electron chi connectivity index (χ2n) is 4.47. The van der Waals surface area contributed by atoms with Crippen molar-refractivity contribution in [1.29, 1.82) is 0 Å². The van der Waals surface area contributed by atoms with Crippen molar-refractivity contribution in [2.75, 3.05) is 6.54 Å². The lowest BCUT2D eigenvalue weighted by atomic mass is 10.2. The Bertz CT molecular complexity index is 519. The molecule has 1 aromatic carbocycles. The molecule has 2 aromatic rings. The summed E-state index contributed by atoms with van der Waals surface area (Å²) in [5.74, 6) is 0.292. The molecule has 0 saturated carbocycles. The van der Waals surface area contributed by atoms with E-state index in [1.54, 1.807) is 23.5 Å². The molecule has 1 aromatic heterocycles. The van der Waals surface area contributed by atoms with Gasteiger partial charge in [0.1, 0.15) is 10.8 Å². The van der Waals surface area contributed by atoms with Crippen molar-refractivity contribution < 1.29 is 5.11 Å². The number of hydrogen-bond donors (Lipinski definition) is 2. The Hall–Kier alpha value is -1.39. The van der Waals surface area contributed by atoms with Crippen LogP contribution >= 0.6 is 11.3 Å². The van der Waals surface area contributed by atoms with Gasteiger partial charge in [0, 0.05) is 17.0 Å². The number of benzene rings is 1. The zero-order chi connectivity index (χ0) is 13.7. The van der Waals surface area contributed by atoms with E-state index in [9.17, 15) is 5.11 Å². The van der Waals surface area contributed by atoms with E-state index in [-0.39, 0.29) is 0 Å². The van der Waals surface area contributed by atoms with Gasteiger partial charge in [0.15, 0.2) is 0 Å². The summed E-state index contributed by atoms with van der Waals surface area (Å²) in [6.45, 7) is 6.24. The summed E-state index contributed by atoms with van der Waals surface area (Å²) < 4.78 is 0. The van der Waals surface area contributed by atoms with E-state index in [1.807, 2.05) is 12.1 Å². The van der Waals surface area contributed by atoms with E-state index >= 15 is 0 Å². The average molecular weight is 276 g/mol. The Morgan fingerprint density at radius 3 is 2.58 bits per heavy atom. The van der Waals surface area contributed by atoms with E-state index in [4.69, 9.17) is 4.98 Å². The Balaban J connectivity index is 2.20. The second-order valence-corrected chi connectivity index (χ2v) is 5.55. The zero-order valence-electron chi connectivity index (χ0n) is 11.4. The lowest BCUT2D eigenvalue weighted by Crippen LogP contribution is -2.13. The monoisotopic (exact) mass is 276 g/mol. The van der Waals surface area contributed by atoms with E-state index in [2.05, 4.69) is 19.2 Å². The molecular weight excluding hydrogens is 256 g/mol. The van der Waals surface area contributed by atoms with Gasteiger partial charge in [-0.15, -0.1) is 11.3 Å². The van der Waals surface area contributed by atoms with Gasteiger partial charge in [-0.25, -0.2) is 4.98 Å². The van der Waals surface area contributed by atoms with Gasteiger partial charge < -0.3 is 10.4 Å². The Kier molecular flexibility index (Phi) is 4.93. The lowest BCUT2D eigenvalue weighted by molar-refractivity contribution is 0.475. The highest BCUT2D eigenvalue weighted by Crippen LogP contribution is 2.29. The third-order valence-electron chi connectivity index (χ3n) is 2.94. The van der Waals surface area contributed by atoms with Crippen molar-refractivity contribution in [2.45, 2.75) is 33.2 Å². The number of phenols is 1. The molecule has 0 aliphatic heterocycles. The van der Waals surface area contributed by atoms with Crippen LogP contribution < -0.4 is 5.32 Å². The maximum Gasteiger partial charge on any atom is 0.123 e. The number of phenolic OH excluding ortho intramolecular Hbond substituents is 1. The molecule has 2 rings (SSSR count). The minimum absolute atomic E-state index is 0.292. The molecule has 2 N–H and O–H groups in total. The molecule has 0 atom stereocenters. The van der Waals surface area contributed by atoms with Crippen LogP contribution in [0.1, 0.15) is 30.8 Å². The maximum atomic E-state index is 9.33. The topological polar surface area (TPSA) is 45.1 Å². The predicted molar refractivity (Wildman–Crippen MR) is 80.6 cm³/mol. The summed E-state index contributed by atoms with van der Waals surface area (Å²) in [6, 6.07) is 7.24. The maximum absolute atomic E-state index is 9.33. The summed E-state index contributed by atoms with van der Waals surface area (Å²) in [4.78, 5) is 6.02. The molecule has 0 amide bonds. The fourth-order valence-corrected chi connectivity index (χ4v) is 3.03. The first-order chi connectivity index (χ1) is 9.24. The molecule has 4 heteroatoms. The summed E-state index contributed by atoms with van der Waals surface area (Å²) in [5, 5.41) is 13.8. The molecule has 3 nitrogen and oxygen atoms in total. The van der Waals surface area contributed by atoms with Crippen LogP contribution in [-0.4, -0.2) is 16.6 Å². The quantitative estimate of drug-likeness (QED) is 0.793. The van der Waals surface area contributed by atoms with E-state index in [1.165, 1.54) is 10.6 Å². The molecule has 0 saturated heterocycles. The third kappa shape index (κ3) is 3.55. The number of aromatic nitrogens is 1. The molecule has 0 radical (unpaired) electrons. The van der Waals surface area contributed by atoms with Crippen molar-refractivity contribution in [2.24, 2.45) is 0 Å². The molecule has 0 aliphatic carbocycles. The van der Waals surface area contributed by atoms with Gasteiger partial charge in [-0.3, -0.25) is 0 Å². The van der Waals surface area contributed by atoms with Crippen LogP contribution in [0.5, 0.6) is 5.75 Å². The largest absolute Gasteiger partial charge is 0.508 e. The smallest absolute Gasteiger partial charge is 0.123 e. The molecule has 1 heterocycles. The summed E-state index contributed by atoms with van der Waals surface area (Å²) in [5.41, 5.74) is 2.25. The van der Waals surface area contributed by atoms with Crippen LogP contribution in [0.4, 0.5) is 0 Å². The van der Waals surface area contributed by atoms with E-state index in [0.29, 0.717) is 5.75 Å². The molecule has 0 spiro atoms. The van der Waals surface area contributed by atoms with Gasteiger partial charge in [-0.2, -0.15) is 0 Å². The first-order valence-electron chi connectivity index (χ1n) is 6.73. The predicted octanol–water partition coefficient (Wildman–Crippen LogP) is 3.58. The number of rotatable bonds is 6. The number of thiazole rings is 1. The van der Waals surface area contributed by atoms with Crippen LogP contribution in [0.25, 0.3) is 10.6 Å². The van der Waals surface area contributed by atoms with Gasteiger partial charge in [-0.05, 0) is 43.7 Å². The van der Waals surface area contributed by atoms with Crippen molar-refractivity contribution >= 4 is 11.3 Å². The Morgan fingerprint density at radius 2 is 1.95 bits per heavy atom. The normalized spacial score (nSPS) is 10.8. The molecule has 0 aliphatic rings. The van der Waals surface area contributed by atoms with E-state index in [0.717, 1.165) is 36.5 Å². The highest BCUT2D eigenvalue weighted by atomic mass is 32.1. The highest BCUT2D eigenvalue weighted by Gasteiger charge is 2.10. The SMILES string of the molecule is CCCNCc1sc(-c2ccc(O)cc2)nc1CC. The first-order valence-corrected chi connectivity index (χ1v) is 7.55. The van der Waals surface area contributed by atoms with Crippen LogP contribution in [0, 0.1) is 0 Å². The third-order valence-corrected chi connectivity index (χ3v) is 4.09. The summed E-state index contributed by atoms with van der Waals surface area (Å²) in [7, 11) is 0. The number of hydrogen-bond acceptors (Lipinski definition) is 4. The van der Waals surface area contributed by atoms with Crippen molar-refractivity contribution in [3.8, 4) is 16.3 Å². The molecular formula is C15H20N2OS. The average Bonchev–Trinajstić information content (AvgIpc) is 2.83. The Labute approximate surface area is 118 Å². The second kappa shape index (κ2) is 6.68. The van der Waals surface area contributed by atoms with Gasteiger partial charge in [0.05, 0.1) is 5.69 Å². The van der Waals surface area contributed by atoms with E-state index < -0.39 is 0 Å². The first kappa shape index (κ1) is 14.0. The van der Waals surface area contributed by atoms with Crippen LogP contribution in [0.15, 0.2) is 24.3 Å². The van der Waals surface area contributed by atoms with Crippen LogP contribution in [0.2, 0.25) is 0 Å². The number of aryl methyl sites for hydroxylation is 1. The lowest BCUT2D eigenvalue weighted by Gasteiger charge is -2.01. The number of nitrogens with zero attached hydrogens (tertiary/aromatic N) is 1. The number of aromatic hydroxyl groups is 1.